The largest absolute Gasteiger partial charge is 0.443 e. The molecule has 0 aliphatic rings. The van der Waals surface area contributed by atoms with Crippen molar-refractivity contribution in [2.75, 3.05) is 0 Å². The van der Waals surface area contributed by atoms with Crippen LogP contribution in [0.2, 0.25) is 5.28 Å². The van der Waals surface area contributed by atoms with Gasteiger partial charge in [0.15, 0.2) is 0 Å². The zero-order valence-electron chi connectivity index (χ0n) is 14.2. The first-order chi connectivity index (χ1) is 11.2. The van der Waals surface area contributed by atoms with Crippen molar-refractivity contribution in [3.05, 3.63) is 46.9 Å². The van der Waals surface area contributed by atoms with E-state index in [1.165, 1.54) is 0 Å². The Kier molecular flexibility index (Phi) is 5.75. The second kappa shape index (κ2) is 7.59. The summed E-state index contributed by atoms with van der Waals surface area (Å²) in [5.41, 5.74) is 8.70. The van der Waals surface area contributed by atoms with Crippen molar-refractivity contribution in [1.82, 2.24) is 20.8 Å². The van der Waals surface area contributed by atoms with Gasteiger partial charge in [0.05, 0.1) is 5.69 Å². The van der Waals surface area contributed by atoms with Crippen molar-refractivity contribution >= 4 is 17.7 Å². The van der Waals surface area contributed by atoms with E-state index >= 15 is 0 Å². The average molecular weight is 349 g/mol. The summed E-state index contributed by atoms with van der Waals surface area (Å²) in [4.78, 5) is 19.7. The quantitative estimate of drug-likeness (QED) is 0.651. The van der Waals surface area contributed by atoms with Crippen LogP contribution in [0, 0.1) is 6.92 Å². The number of aromatic nitrogens is 2. The molecule has 1 amide bonds. The van der Waals surface area contributed by atoms with Gasteiger partial charge in [-0.1, -0.05) is 12.1 Å². The zero-order chi connectivity index (χ0) is 17.7. The second-order valence-electron chi connectivity index (χ2n) is 6.33. The Morgan fingerprint density at radius 3 is 2.67 bits per heavy atom. The number of aryl methyl sites for hydroxylation is 1. The van der Waals surface area contributed by atoms with E-state index in [1.54, 1.807) is 6.20 Å². The van der Waals surface area contributed by atoms with Crippen LogP contribution in [0.3, 0.4) is 0 Å². The Balaban J connectivity index is 1.97. The molecule has 2 aromatic rings. The minimum absolute atomic E-state index is 0.220. The Morgan fingerprint density at radius 2 is 2.04 bits per heavy atom. The number of carbonyl (C=O) groups is 1. The fourth-order valence-electron chi connectivity index (χ4n) is 2.06. The zero-order valence-corrected chi connectivity index (χ0v) is 14.9. The molecule has 0 saturated carbocycles. The number of carbonyl (C=O) groups excluding carboxylic acids is 1. The van der Waals surface area contributed by atoms with Gasteiger partial charge in [-0.05, 0) is 62.6 Å². The third kappa shape index (κ3) is 5.47. The van der Waals surface area contributed by atoms with E-state index in [2.05, 4.69) is 20.8 Å². The minimum Gasteiger partial charge on any atom is -0.443 e. The molecule has 7 heteroatoms. The normalized spacial score (nSPS) is 11.2. The lowest BCUT2D eigenvalue weighted by Gasteiger charge is -2.20. The number of nitrogens with zero attached hydrogens (tertiary/aromatic N) is 2. The topological polar surface area (TPSA) is 76.1 Å². The summed E-state index contributed by atoms with van der Waals surface area (Å²) in [6.07, 6.45) is 1.12. The summed E-state index contributed by atoms with van der Waals surface area (Å²) in [6, 6.07) is 7.76. The van der Waals surface area contributed by atoms with Gasteiger partial charge in [-0.15, -0.1) is 0 Å². The number of ether oxygens (including phenoxy) is 1. The molecule has 0 atom stereocenters. The first-order valence-electron chi connectivity index (χ1n) is 7.55. The molecule has 2 rings (SSSR count). The smallest absolute Gasteiger partial charge is 0.422 e. The van der Waals surface area contributed by atoms with Crippen LogP contribution in [0.25, 0.3) is 11.3 Å². The van der Waals surface area contributed by atoms with Crippen molar-refractivity contribution in [1.29, 1.82) is 0 Å². The molecule has 1 aromatic carbocycles. The van der Waals surface area contributed by atoms with Gasteiger partial charge in [0.25, 0.3) is 0 Å². The van der Waals surface area contributed by atoms with Crippen molar-refractivity contribution in [3.8, 4) is 11.3 Å². The molecule has 6 nitrogen and oxygen atoms in total. The molecule has 0 saturated heterocycles. The van der Waals surface area contributed by atoms with Gasteiger partial charge in [-0.2, -0.15) is 0 Å². The number of rotatable bonds is 4. The third-order valence-electron chi connectivity index (χ3n) is 3.13. The predicted molar refractivity (Wildman–Crippen MR) is 93.4 cm³/mol. The highest BCUT2D eigenvalue weighted by molar-refractivity contribution is 6.28. The van der Waals surface area contributed by atoms with E-state index in [9.17, 15) is 4.79 Å². The standard InChI is InChI=1S/C17H21ClN4O2/c1-11-9-12(14-7-8-19-15(18)21-14)5-6-13(11)10-20-22-16(23)24-17(2,3)4/h5-9,20H,10H2,1-4H3,(H,22,23). The molecule has 0 bridgehead atoms. The molecular formula is C17H21ClN4O2. The molecule has 128 valence electrons. The molecule has 24 heavy (non-hydrogen) atoms. The van der Waals surface area contributed by atoms with E-state index < -0.39 is 11.7 Å². The summed E-state index contributed by atoms with van der Waals surface area (Å²) in [7, 11) is 0. The highest BCUT2D eigenvalue weighted by atomic mass is 35.5. The lowest BCUT2D eigenvalue weighted by Crippen LogP contribution is -2.40. The van der Waals surface area contributed by atoms with Crippen molar-refractivity contribution in [2.45, 2.75) is 39.8 Å². The lowest BCUT2D eigenvalue weighted by atomic mass is 10.0. The van der Waals surface area contributed by atoms with Crippen molar-refractivity contribution in [2.24, 2.45) is 0 Å². The molecule has 1 aromatic heterocycles. The number of nitrogens with one attached hydrogen (secondary N) is 2. The molecule has 0 radical (unpaired) electrons. The Bertz CT molecular complexity index is 729. The van der Waals surface area contributed by atoms with Gasteiger partial charge in [0.1, 0.15) is 5.60 Å². The van der Waals surface area contributed by atoms with E-state index in [1.807, 2.05) is 52.0 Å². The fourth-order valence-corrected chi connectivity index (χ4v) is 2.21. The predicted octanol–water partition coefficient (Wildman–Crippen LogP) is 3.63. The molecule has 1 heterocycles. The number of benzene rings is 1. The number of hydrogen-bond donors (Lipinski definition) is 2. The number of hydrogen-bond acceptors (Lipinski definition) is 5. The molecule has 0 aliphatic carbocycles. The summed E-state index contributed by atoms with van der Waals surface area (Å²) in [5.74, 6) is 0. The summed E-state index contributed by atoms with van der Waals surface area (Å²) in [6.45, 7) is 7.92. The summed E-state index contributed by atoms with van der Waals surface area (Å²) in [5, 5.41) is 0.220. The molecule has 0 aliphatic heterocycles. The van der Waals surface area contributed by atoms with Crippen LogP contribution in [0.1, 0.15) is 31.9 Å². The van der Waals surface area contributed by atoms with Gasteiger partial charge in [-0.3, -0.25) is 5.43 Å². The van der Waals surface area contributed by atoms with Crippen LogP contribution < -0.4 is 10.9 Å². The van der Waals surface area contributed by atoms with Gasteiger partial charge < -0.3 is 4.74 Å². The van der Waals surface area contributed by atoms with E-state index in [0.717, 1.165) is 22.4 Å². The third-order valence-corrected chi connectivity index (χ3v) is 3.31. The van der Waals surface area contributed by atoms with Crippen LogP contribution in [0.15, 0.2) is 30.5 Å². The monoisotopic (exact) mass is 348 g/mol. The van der Waals surface area contributed by atoms with Crippen LogP contribution in [-0.2, 0) is 11.3 Å². The molecule has 0 spiro atoms. The van der Waals surface area contributed by atoms with Gasteiger partial charge in [0, 0.05) is 18.3 Å². The van der Waals surface area contributed by atoms with Gasteiger partial charge in [0.2, 0.25) is 5.28 Å². The molecule has 2 N–H and O–H groups in total. The maximum absolute atomic E-state index is 11.6. The Hall–Kier alpha value is -2.18. The van der Waals surface area contributed by atoms with Gasteiger partial charge >= 0.3 is 6.09 Å². The van der Waals surface area contributed by atoms with E-state index in [-0.39, 0.29) is 5.28 Å². The number of hydrazine groups is 1. The van der Waals surface area contributed by atoms with Crippen LogP contribution in [0.5, 0.6) is 0 Å². The summed E-state index contributed by atoms with van der Waals surface area (Å²) < 4.78 is 5.15. The van der Waals surface area contributed by atoms with Crippen LogP contribution in [-0.4, -0.2) is 21.7 Å². The van der Waals surface area contributed by atoms with Crippen molar-refractivity contribution in [3.63, 3.8) is 0 Å². The van der Waals surface area contributed by atoms with Crippen LogP contribution >= 0.6 is 11.6 Å². The minimum atomic E-state index is -0.526. The first kappa shape index (κ1) is 18.2. The number of amides is 1. The maximum atomic E-state index is 11.6. The first-order valence-corrected chi connectivity index (χ1v) is 7.93. The number of halogens is 1. The maximum Gasteiger partial charge on any atom is 0.422 e. The van der Waals surface area contributed by atoms with Crippen LogP contribution in [0.4, 0.5) is 4.79 Å². The second-order valence-corrected chi connectivity index (χ2v) is 6.67. The Labute approximate surface area is 146 Å². The SMILES string of the molecule is Cc1cc(-c2ccnc(Cl)n2)ccc1CNNC(=O)OC(C)(C)C. The van der Waals surface area contributed by atoms with E-state index in [0.29, 0.717) is 6.54 Å². The summed E-state index contributed by atoms with van der Waals surface area (Å²) >= 11 is 5.83. The Morgan fingerprint density at radius 1 is 1.29 bits per heavy atom. The van der Waals surface area contributed by atoms with E-state index in [4.69, 9.17) is 16.3 Å². The lowest BCUT2D eigenvalue weighted by molar-refractivity contribution is 0.0497. The highest BCUT2D eigenvalue weighted by Crippen LogP contribution is 2.21. The molecule has 0 unspecified atom stereocenters. The highest BCUT2D eigenvalue weighted by Gasteiger charge is 2.15. The average Bonchev–Trinajstić information content (AvgIpc) is 2.47. The molecular weight excluding hydrogens is 328 g/mol. The fraction of sp³-hybridized carbons (Fsp3) is 0.353. The molecule has 0 fully saturated rings. The van der Waals surface area contributed by atoms with Gasteiger partial charge in [-0.25, -0.2) is 20.2 Å². The van der Waals surface area contributed by atoms with Crippen molar-refractivity contribution < 1.29 is 9.53 Å².